The molecule has 0 radical (unpaired) electrons. The summed E-state index contributed by atoms with van der Waals surface area (Å²) < 4.78 is 5.32. The summed E-state index contributed by atoms with van der Waals surface area (Å²) in [5.41, 5.74) is 2.99. The van der Waals surface area contributed by atoms with Crippen molar-refractivity contribution in [1.29, 1.82) is 0 Å². The van der Waals surface area contributed by atoms with Gasteiger partial charge in [-0.2, -0.15) is 0 Å². The number of hydrogen-bond donors (Lipinski definition) is 1. The molecule has 144 valence electrons. The molecule has 0 aliphatic carbocycles. The second kappa shape index (κ2) is 8.91. The fourth-order valence-corrected chi connectivity index (χ4v) is 3.62. The first-order valence-electron chi connectivity index (χ1n) is 9.52. The van der Waals surface area contributed by atoms with Crippen LogP contribution in [0.2, 0.25) is 0 Å². The number of likely N-dealkylation sites (tertiary alicyclic amines) is 1. The van der Waals surface area contributed by atoms with Gasteiger partial charge in [-0.15, -0.1) is 0 Å². The van der Waals surface area contributed by atoms with Gasteiger partial charge in [0.2, 0.25) is 0 Å². The molecule has 2 aromatic carbocycles. The lowest BCUT2D eigenvalue weighted by atomic mass is 10.0. The van der Waals surface area contributed by atoms with Gasteiger partial charge in [0.05, 0.1) is 18.7 Å². The average Bonchev–Trinajstić information content (AvgIpc) is 3.22. The fourth-order valence-electron chi connectivity index (χ4n) is 3.62. The van der Waals surface area contributed by atoms with Crippen LogP contribution in [0, 0.1) is 0 Å². The highest BCUT2D eigenvalue weighted by molar-refractivity contribution is 5.96. The average molecular weight is 367 g/mol. The van der Waals surface area contributed by atoms with E-state index in [1.54, 1.807) is 13.2 Å². The van der Waals surface area contributed by atoms with Crippen LogP contribution in [0.15, 0.2) is 48.5 Å². The van der Waals surface area contributed by atoms with Crippen LogP contribution in [0.25, 0.3) is 0 Å². The molecule has 1 aliphatic heterocycles. The van der Waals surface area contributed by atoms with Gasteiger partial charge < -0.3 is 15.0 Å². The van der Waals surface area contributed by atoms with Crippen LogP contribution in [0.3, 0.4) is 0 Å². The van der Waals surface area contributed by atoms with Crippen molar-refractivity contribution >= 4 is 11.6 Å². The van der Waals surface area contributed by atoms with Crippen molar-refractivity contribution in [2.45, 2.75) is 18.9 Å². The highest BCUT2D eigenvalue weighted by Crippen LogP contribution is 2.26. The van der Waals surface area contributed by atoms with Crippen molar-refractivity contribution in [3.05, 3.63) is 59.7 Å². The highest BCUT2D eigenvalue weighted by atomic mass is 16.5. The van der Waals surface area contributed by atoms with Gasteiger partial charge in [-0.3, -0.25) is 9.69 Å². The van der Waals surface area contributed by atoms with Gasteiger partial charge in [0, 0.05) is 26.3 Å². The Morgan fingerprint density at radius 1 is 1.11 bits per heavy atom. The van der Waals surface area contributed by atoms with Gasteiger partial charge in [-0.1, -0.05) is 24.3 Å². The standard InChI is InChI=1S/C22H29N3O2/c1-24(2)18-12-10-17(11-13-18)20(25-14-6-7-15-25)16-23-22(26)19-8-4-5-9-21(19)27-3/h4-5,8-13,20H,6-7,14-16H2,1-3H3,(H,23,26)/t20-/m0/s1. The van der Waals surface area contributed by atoms with Crippen LogP contribution < -0.4 is 15.0 Å². The molecule has 0 spiro atoms. The third kappa shape index (κ3) is 4.61. The molecule has 0 bridgehead atoms. The number of carbonyl (C=O) groups is 1. The SMILES string of the molecule is COc1ccccc1C(=O)NC[C@@H](c1ccc(N(C)C)cc1)N1CCCC1. The van der Waals surface area contributed by atoms with E-state index in [1.165, 1.54) is 24.1 Å². The largest absolute Gasteiger partial charge is 0.496 e. The Hall–Kier alpha value is -2.53. The molecule has 1 fully saturated rings. The van der Waals surface area contributed by atoms with E-state index in [4.69, 9.17) is 4.74 Å². The summed E-state index contributed by atoms with van der Waals surface area (Å²) in [4.78, 5) is 17.3. The first-order chi connectivity index (χ1) is 13.1. The molecule has 5 nitrogen and oxygen atoms in total. The van der Waals surface area contributed by atoms with E-state index in [0.717, 1.165) is 13.1 Å². The van der Waals surface area contributed by atoms with Crippen LogP contribution in [-0.2, 0) is 0 Å². The first-order valence-corrected chi connectivity index (χ1v) is 9.52. The molecule has 1 amide bonds. The van der Waals surface area contributed by atoms with Crippen molar-refractivity contribution in [3.8, 4) is 5.75 Å². The summed E-state index contributed by atoms with van der Waals surface area (Å²) in [5, 5.41) is 3.12. The maximum absolute atomic E-state index is 12.7. The predicted molar refractivity (Wildman–Crippen MR) is 110 cm³/mol. The molecule has 1 heterocycles. The number of nitrogens with zero attached hydrogens (tertiary/aromatic N) is 2. The maximum Gasteiger partial charge on any atom is 0.255 e. The molecule has 2 aromatic rings. The number of anilines is 1. The second-order valence-corrected chi connectivity index (χ2v) is 7.16. The third-order valence-electron chi connectivity index (χ3n) is 5.18. The topological polar surface area (TPSA) is 44.8 Å². The van der Waals surface area contributed by atoms with Crippen LogP contribution in [0.4, 0.5) is 5.69 Å². The van der Waals surface area contributed by atoms with E-state index in [-0.39, 0.29) is 11.9 Å². The lowest BCUT2D eigenvalue weighted by Crippen LogP contribution is -2.37. The summed E-state index contributed by atoms with van der Waals surface area (Å²) in [6, 6.07) is 16.1. The van der Waals surface area contributed by atoms with E-state index in [2.05, 4.69) is 39.4 Å². The Balaban J connectivity index is 1.75. The number of benzene rings is 2. The zero-order valence-electron chi connectivity index (χ0n) is 16.4. The Kier molecular flexibility index (Phi) is 6.35. The Morgan fingerprint density at radius 2 is 1.78 bits per heavy atom. The van der Waals surface area contributed by atoms with Crippen molar-refractivity contribution < 1.29 is 9.53 Å². The summed E-state index contributed by atoms with van der Waals surface area (Å²) in [7, 11) is 5.67. The third-order valence-corrected chi connectivity index (χ3v) is 5.18. The van der Waals surface area contributed by atoms with Gasteiger partial charge in [0.25, 0.3) is 5.91 Å². The highest BCUT2D eigenvalue weighted by Gasteiger charge is 2.24. The minimum absolute atomic E-state index is 0.0958. The maximum atomic E-state index is 12.7. The summed E-state index contributed by atoms with van der Waals surface area (Å²) >= 11 is 0. The summed E-state index contributed by atoms with van der Waals surface area (Å²) in [6.45, 7) is 2.73. The lowest BCUT2D eigenvalue weighted by molar-refractivity contribution is 0.0935. The molecule has 1 atom stereocenters. The normalized spacial score (nSPS) is 15.4. The molecule has 5 heteroatoms. The number of rotatable bonds is 7. The van der Waals surface area contributed by atoms with E-state index in [1.807, 2.05) is 32.3 Å². The minimum Gasteiger partial charge on any atom is -0.496 e. The minimum atomic E-state index is -0.0958. The van der Waals surface area contributed by atoms with Gasteiger partial charge in [-0.25, -0.2) is 0 Å². The smallest absolute Gasteiger partial charge is 0.255 e. The molecule has 1 saturated heterocycles. The molecule has 1 aliphatic rings. The Morgan fingerprint density at radius 3 is 2.41 bits per heavy atom. The number of carbonyl (C=O) groups excluding carboxylic acids is 1. The van der Waals surface area contributed by atoms with Gasteiger partial charge in [0.15, 0.2) is 0 Å². The van der Waals surface area contributed by atoms with E-state index in [0.29, 0.717) is 17.9 Å². The molecule has 1 N–H and O–H groups in total. The van der Waals surface area contributed by atoms with Crippen LogP contribution in [0.1, 0.15) is 34.8 Å². The molecule has 0 aromatic heterocycles. The van der Waals surface area contributed by atoms with Crippen LogP contribution >= 0.6 is 0 Å². The van der Waals surface area contributed by atoms with Gasteiger partial charge in [0.1, 0.15) is 5.75 Å². The first kappa shape index (κ1) is 19.2. The Labute approximate surface area is 161 Å². The second-order valence-electron chi connectivity index (χ2n) is 7.16. The lowest BCUT2D eigenvalue weighted by Gasteiger charge is -2.28. The van der Waals surface area contributed by atoms with Gasteiger partial charge in [-0.05, 0) is 55.8 Å². The molecular weight excluding hydrogens is 338 g/mol. The fraction of sp³-hybridized carbons (Fsp3) is 0.409. The van der Waals surface area contributed by atoms with Crippen molar-refractivity contribution in [2.24, 2.45) is 0 Å². The van der Waals surface area contributed by atoms with Gasteiger partial charge >= 0.3 is 0 Å². The quantitative estimate of drug-likeness (QED) is 0.815. The number of ether oxygens (including phenoxy) is 1. The van der Waals surface area contributed by atoms with E-state index >= 15 is 0 Å². The number of amides is 1. The van der Waals surface area contributed by atoms with Crippen molar-refractivity contribution in [3.63, 3.8) is 0 Å². The molecule has 3 rings (SSSR count). The predicted octanol–water partition coefficient (Wildman–Crippen LogP) is 3.33. The Bertz CT molecular complexity index is 752. The summed E-state index contributed by atoms with van der Waals surface area (Å²) in [6.07, 6.45) is 2.43. The number of hydrogen-bond acceptors (Lipinski definition) is 4. The number of methoxy groups -OCH3 is 1. The molecule has 0 unspecified atom stereocenters. The molecule has 27 heavy (non-hydrogen) atoms. The zero-order chi connectivity index (χ0) is 19.2. The van der Waals surface area contributed by atoms with Crippen molar-refractivity contribution in [2.75, 3.05) is 45.7 Å². The van der Waals surface area contributed by atoms with Crippen molar-refractivity contribution in [1.82, 2.24) is 10.2 Å². The number of para-hydroxylation sites is 1. The zero-order valence-corrected chi connectivity index (χ0v) is 16.4. The molecule has 0 saturated carbocycles. The molecular formula is C22H29N3O2. The number of nitrogens with one attached hydrogen (secondary N) is 1. The van der Waals surface area contributed by atoms with E-state index < -0.39 is 0 Å². The van der Waals surface area contributed by atoms with E-state index in [9.17, 15) is 4.79 Å². The monoisotopic (exact) mass is 367 g/mol. The summed E-state index contributed by atoms with van der Waals surface area (Å²) in [5.74, 6) is 0.504. The van der Waals surface area contributed by atoms with Crippen LogP contribution in [0.5, 0.6) is 5.75 Å². The van der Waals surface area contributed by atoms with Crippen LogP contribution in [-0.4, -0.2) is 51.6 Å².